The summed E-state index contributed by atoms with van der Waals surface area (Å²) in [4.78, 5) is 11.9. The average molecular weight is 347 g/mol. The molecule has 1 aliphatic carbocycles. The fourth-order valence-electron chi connectivity index (χ4n) is 1.91. The van der Waals surface area contributed by atoms with Crippen LogP contribution in [0.15, 0.2) is 18.2 Å². The number of carbonyl (C=O) groups is 1. The standard InChI is InChI=1S/C13H10BrF3N2O/c14-12(4-1-5-12)11(20)19-9-3-2-8(7-18)10(6-9)13(15,16)17/h2-3,6H,1,4-5H2,(H,19,20). The van der Waals surface area contributed by atoms with Crippen molar-refractivity contribution >= 4 is 27.5 Å². The van der Waals surface area contributed by atoms with Gasteiger partial charge in [-0.15, -0.1) is 0 Å². The van der Waals surface area contributed by atoms with E-state index in [0.29, 0.717) is 12.8 Å². The van der Waals surface area contributed by atoms with E-state index >= 15 is 0 Å². The minimum atomic E-state index is -4.63. The second kappa shape index (κ2) is 5.09. The maximum Gasteiger partial charge on any atom is 0.417 e. The Morgan fingerprint density at radius 2 is 2.05 bits per heavy atom. The number of hydrogen-bond donors (Lipinski definition) is 1. The van der Waals surface area contributed by atoms with Gasteiger partial charge in [-0.05, 0) is 37.5 Å². The first kappa shape index (κ1) is 14.9. The molecule has 0 heterocycles. The summed E-state index contributed by atoms with van der Waals surface area (Å²) in [7, 11) is 0. The van der Waals surface area contributed by atoms with Crippen LogP contribution in [0.3, 0.4) is 0 Å². The molecule has 1 saturated carbocycles. The summed E-state index contributed by atoms with van der Waals surface area (Å²) in [6.07, 6.45) is -2.42. The average Bonchev–Trinajstić information content (AvgIpc) is 2.34. The number of hydrogen-bond acceptors (Lipinski definition) is 2. The zero-order valence-electron chi connectivity index (χ0n) is 10.2. The summed E-state index contributed by atoms with van der Waals surface area (Å²) in [6, 6.07) is 4.62. The van der Waals surface area contributed by atoms with Crippen LogP contribution in [0, 0.1) is 11.3 Å². The van der Waals surface area contributed by atoms with Crippen LogP contribution in [0.25, 0.3) is 0 Å². The van der Waals surface area contributed by atoms with Crippen LogP contribution in [0.5, 0.6) is 0 Å². The Hall–Kier alpha value is -1.55. The molecule has 0 saturated heterocycles. The van der Waals surface area contributed by atoms with Crippen LogP contribution >= 0.6 is 15.9 Å². The van der Waals surface area contributed by atoms with Crippen molar-refractivity contribution in [1.82, 2.24) is 0 Å². The van der Waals surface area contributed by atoms with Gasteiger partial charge in [-0.3, -0.25) is 4.79 Å². The van der Waals surface area contributed by atoms with E-state index in [2.05, 4.69) is 21.2 Å². The zero-order chi connectivity index (χ0) is 15.0. The largest absolute Gasteiger partial charge is 0.417 e. The van der Waals surface area contributed by atoms with Crippen LogP contribution in [0.4, 0.5) is 18.9 Å². The van der Waals surface area contributed by atoms with Crippen LogP contribution in [0.1, 0.15) is 30.4 Å². The van der Waals surface area contributed by atoms with Gasteiger partial charge in [0.15, 0.2) is 0 Å². The lowest BCUT2D eigenvalue weighted by Gasteiger charge is -2.34. The molecule has 0 aliphatic heterocycles. The SMILES string of the molecule is N#Cc1ccc(NC(=O)C2(Br)CCC2)cc1C(F)(F)F. The van der Waals surface area contributed by atoms with Gasteiger partial charge < -0.3 is 5.32 Å². The van der Waals surface area contributed by atoms with E-state index < -0.39 is 21.6 Å². The van der Waals surface area contributed by atoms with Crippen LogP contribution < -0.4 is 5.32 Å². The second-order valence-electron chi connectivity index (χ2n) is 4.64. The highest BCUT2D eigenvalue weighted by Gasteiger charge is 2.42. The van der Waals surface area contributed by atoms with Gasteiger partial charge in [-0.25, -0.2) is 0 Å². The van der Waals surface area contributed by atoms with Crippen molar-refractivity contribution in [3.8, 4) is 6.07 Å². The molecule has 0 spiro atoms. The molecule has 1 N–H and O–H groups in total. The summed E-state index contributed by atoms with van der Waals surface area (Å²) >= 11 is 3.29. The van der Waals surface area contributed by atoms with Crippen molar-refractivity contribution < 1.29 is 18.0 Å². The molecule has 7 heteroatoms. The highest BCUT2D eigenvalue weighted by atomic mass is 79.9. The first-order chi connectivity index (χ1) is 9.26. The molecule has 20 heavy (non-hydrogen) atoms. The molecule has 1 aliphatic rings. The minimum absolute atomic E-state index is 0.0343. The van der Waals surface area contributed by atoms with Crippen molar-refractivity contribution in [2.24, 2.45) is 0 Å². The second-order valence-corrected chi connectivity index (χ2v) is 6.16. The Kier molecular flexibility index (Phi) is 3.78. The molecule has 0 aromatic heterocycles. The van der Waals surface area contributed by atoms with Gasteiger partial charge >= 0.3 is 6.18 Å². The monoisotopic (exact) mass is 346 g/mol. The summed E-state index contributed by atoms with van der Waals surface area (Å²) in [5, 5.41) is 11.1. The Morgan fingerprint density at radius 1 is 1.40 bits per heavy atom. The molecule has 0 atom stereocenters. The summed E-state index contributed by atoms with van der Waals surface area (Å²) < 4.78 is 37.7. The van der Waals surface area contributed by atoms with E-state index in [-0.39, 0.29) is 11.6 Å². The number of alkyl halides is 4. The Labute approximate surface area is 121 Å². The summed E-state index contributed by atoms with van der Waals surface area (Å²) in [5.41, 5.74) is -1.48. The van der Waals surface area contributed by atoms with Crippen LogP contribution in [-0.2, 0) is 11.0 Å². The molecule has 0 radical (unpaired) electrons. The number of rotatable bonds is 2. The maximum absolute atomic E-state index is 12.8. The zero-order valence-corrected chi connectivity index (χ0v) is 11.8. The van der Waals surface area contributed by atoms with Crippen molar-refractivity contribution in [3.05, 3.63) is 29.3 Å². The number of nitrogens with zero attached hydrogens (tertiary/aromatic N) is 1. The van der Waals surface area contributed by atoms with E-state index in [1.165, 1.54) is 12.1 Å². The number of anilines is 1. The fraction of sp³-hybridized carbons (Fsp3) is 0.385. The topological polar surface area (TPSA) is 52.9 Å². The molecule has 2 rings (SSSR count). The molecule has 3 nitrogen and oxygen atoms in total. The van der Waals surface area contributed by atoms with E-state index in [4.69, 9.17) is 5.26 Å². The molecule has 106 valence electrons. The van der Waals surface area contributed by atoms with E-state index in [1.54, 1.807) is 0 Å². The maximum atomic E-state index is 12.8. The van der Waals surface area contributed by atoms with Gasteiger partial charge in [0.05, 0.1) is 17.2 Å². The first-order valence-electron chi connectivity index (χ1n) is 5.88. The minimum Gasteiger partial charge on any atom is -0.325 e. The lowest BCUT2D eigenvalue weighted by Crippen LogP contribution is -2.43. The van der Waals surface area contributed by atoms with Gasteiger partial charge in [0.1, 0.15) is 4.32 Å². The van der Waals surface area contributed by atoms with Gasteiger partial charge in [0, 0.05) is 5.69 Å². The molecule has 1 aromatic carbocycles. The number of halogens is 4. The molecule has 0 bridgehead atoms. The Balaban J connectivity index is 2.26. The van der Waals surface area contributed by atoms with E-state index in [0.717, 1.165) is 18.6 Å². The summed E-state index contributed by atoms with van der Waals surface area (Å²) in [5.74, 6) is -0.360. The molecule has 1 aromatic rings. The van der Waals surface area contributed by atoms with Gasteiger partial charge in [0.2, 0.25) is 5.91 Å². The van der Waals surface area contributed by atoms with Gasteiger partial charge in [-0.2, -0.15) is 18.4 Å². The number of benzene rings is 1. The molecule has 0 unspecified atom stereocenters. The number of amides is 1. The van der Waals surface area contributed by atoms with Crippen molar-refractivity contribution in [2.45, 2.75) is 29.8 Å². The third kappa shape index (κ3) is 2.80. The number of nitrogens with one attached hydrogen (secondary N) is 1. The van der Waals surface area contributed by atoms with Crippen molar-refractivity contribution in [2.75, 3.05) is 5.32 Å². The Bertz CT molecular complexity index is 588. The molecule has 1 fully saturated rings. The third-order valence-electron chi connectivity index (χ3n) is 3.26. The highest BCUT2D eigenvalue weighted by molar-refractivity contribution is 9.10. The molecular weight excluding hydrogens is 337 g/mol. The van der Waals surface area contributed by atoms with E-state index in [9.17, 15) is 18.0 Å². The summed E-state index contributed by atoms with van der Waals surface area (Å²) in [6.45, 7) is 0. The Morgan fingerprint density at radius 3 is 2.50 bits per heavy atom. The van der Waals surface area contributed by atoms with Gasteiger partial charge in [0.25, 0.3) is 0 Å². The lowest BCUT2D eigenvalue weighted by atomic mass is 9.84. The normalized spacial score (nSPS) is 16.9. The lowest BCUT2D eigenvalue weighted by molar-refractivity contribution is -0.137. The first-order valence-corrected chi connectivity index (χ1v) is 6.67. The number of nitriles is 1. The van der Waals surface area contributed by atoms with E-state index in [1.807, 2.05) is 0 Å². The molecule has 1 amide bonds. The predicted molar refractivity (Wildman–Crippen MR) is 70.3 cm³/mol. The third-order valence-corrected chi connectivity index (χ3v) is 4.41. The van der Waals surface area contributed by atoms with Crippen LogP contribution in [0.2, 0.25) is 0 Å². The quantitative estimate of drug-likeness (QED) is 0.827. The van der Waals surface area contributed by atoms with Crippen LogP contribution in [-0.4, -0.2) is 10.2 Å². The van der Waals surface area contributed by atoms with Gasteiger partial charge in [-0.1, -0.05) is 15.9 Å². The predicted octanol–water partition coefficient (Wildman–Crippen LogP) is 3.83. The highest BCUT2D eigenvalue weighted by Crippen LogP contribution is 2.41. The fourth-order valence-corrected chi connectivity index (χ4v) is 2.57. The van der Waals surface area contributed by atoms with Crippen molar-refractivity contribution in [3.63, 3.8) is 0 Å². The van der Waals surface area contributed by atoms with Crippen molar-refractivity contribution in [1.29, 1.82) is 5.26 Å². The smallest absolute Gasteiger partial charge is 0.325 e. The number of carbonyl (C=O) groups excluding carboxylic acids is 1. The molecular formula is C13H10BrF3N2O.